The Labute approximate surface area is 132 Å². The van der Waals surface area contributed by atoms with Crippen LogP contribution in [0.15, 0.2) is 40.8 Å². The van der Waals surface area contributed by atoms with E-state index in [9.17, 15) is 9.90 Å². The molecule has 0 radical (unpaired) electrons. The van der Waals surface area contributed by atoms with Gasteiger partial charge < -0.3 is 24.7 Å². The van der Waals surface area contributed by atoms with Crippen LogP contribution in [0.2, 0.25) is 0 Å². The maximum Gasteiger partial charge on any atom is 0.371 e. The second kappa shape index (κ2) is 7.72. The second-order valence-electron chi connectivity index (χ2n) is 4.54. The summed E-state index contributed by atoms with van der Waals surface area (Å²) in [5.41, 5.74) is 0.705. The molecule has 1 aromatic heterocycles. The van der Waals surface area contributed by atoms with Gasteiger partial charge in [0.05, 0.1) is 17.7 Å². The molecule has 1 heterocycles. The summed E-state index contributed by atoms with van der Waals surface area (Å²) in [6, 6.07) is 10.1. The number of para-hydroxylation sites is 2. The number of nitrogens with one attached hydrogen (secondary N) is 1. The number of aliphatic hydroxyl groups excluding tert-OH is 1. The van der Waals surface area contributed by atoms with E-state index in [0.717, 1.165) is 0 Å². The van der Waals surface area contributed by atoms with Crippen LogP contribution in [0, 0.1) is 0 Å². The van der Waals surface area contributed by atoms with Crippen LogP contribution < -0.4 is 10.1 Å². The van der Waals surface area contributed by atoms with Crippen molar-refractivity contribution in [2.75, 3.05) is 17.7 Å². The number of ether oxygens (including phenoxy) is 1. The summed E-state index contributed by atoms with van der Waals surface area (Å²) in [4.78, 5) is 10.7. The number of furan rings is 1. The maximum absolute atomic E-state index is 10.7. The van der Waals surface area contributed by atoms with Crippen molar-refractivity contribution in [3.63, 3.8) is 0 Å². The predicted octanol–water partition coefficient (Wildman–Crippen LogP) is 2.57. The smallest absolute Gasteiger partial charge is 0.371 e. The lowest BCUT2D eigenvalue weighted by Gasteiger charge is -2.14. The first-order valence-corrected chi connectivity index (χ1v) is 7.15. The van der Waals surface area contributed by atoms with E-state index < -0.39 is 12.1 Å². The lowest BCUT2D eigenvalue weighted by molar-refractivity contribution is 0.0658. The van der Waals surface area contributed by atoms with Crippen LogP contribution >= 0.6 is 11.6 Å². The molecule has 0 saturated heterocycles. The van der Waals surface area contributed by atoms with Gasteiger partial charge in [-0.3, -0.25) is 0 Å². The van der Waals surface area contributed by atoms with Gasteiger partial charge in [0.1, 0.15) is 18.1 Å². The van der Waals surface area contributed by atoms with Crippen LogP contribution in [0.25, 0.3) is 0 Å². The number of benzene rings is 1. The van der Waals surface area contributed by atoms with Crippen molar-refractivity contribution in [2.24, 2.45) is 0 Å². The van der Waals surface area contributed by atoms with Gasteiger partial charge in [-0.15, -0.1) is 11.6 Å². The average Bonchev–Trinajstić information content (AvgIpc) is 3.00. The molecule has 6 nitrogen and oxygen atoms in total. The zero-order valence-corrected chi connectivity index (χ0v) is 12.4. The van der Waals surface area contributed by atoms with Crippen molar-refractivity contribution in [2.45, 2.75) is 12.7 Å². The molecule has 0 saturated carbocycles. The Kier molecular flexibility index (Phi) is 5.68. The number of rotatable bonds is 8. The molecule has 1 aromatic carbocycles. The van der Waals surface area contributed by atoms with Crippen LogP contribution in [-0.2, 0) is 6.61 Å². The third-order valence-electron chi connectivity index (χ3n) is 2.84. The summed E-state index contributed by atoms with van der Waals surface area (Å²) in [5, 5.41) is 21.3. The van der Waals surface area contributed by atoms with Gasteiger partial charge in [-0.25, -0.2) is 4.79 Å². The highest BCUT2D eigenvalue weighted by atomic mass is 35.5. The van der Waals surface area contributed by atoms with Crippen LogP contribution in [0.3, 0.4) is 0 Å². The molecule has 118 valence electrons. The first kappa shape index (κ1) is 16.2. The SMILES string of the molecule is O=C(O)c1ccc(COc2ccccc2NCC(O)CCl)o1. The van der Waals surface area contributed by atoms with Gasteiger partial charge in [-0.1, -0.05) is 12.1 Å². The highest BCUT2D eigenvalue weighted by molar-refractivity contribution is 6.18. The molecular weight excluding hydrogens is 310 g/mol. The Balaban J connectivity index is 1.98. The van der Waals surface area contributed by atoms with Gasteiger partial charge in [0.2, 0.25) is 5.76 Å². The molecule has 2 rings (SSSR count). The van der Waals surface area contributed by atoms with Gasteiger partial charge in [-0.05, 0) is 24.3 Å². The highest BCUT2D eigenvalue weighted by Gasteiger charge is 2.10. The first-order chi connectivity index (χ1) is 10.6. The van der Waals surface area contributed by atoms with E-state index in [1.165, 1.54) is 6.07 Å². The largest absolute Gasteiger partial charge is 0.483 e. The molecule has 0 bridgehead atoms. The average molecular weight is 326 g/mol. The minimum absolute atomic E-state index is 0.101. The number of carboxylic acid groups (broad SMARTS) is 1. The van der Waals surface area contributed by atoms with E-state index in [1.54, 1.807) is 18.2 Å². The number of carbonyl (C=O) groups is 1. The van der Waals surface area contributed by atoms with Gasteiger partial charge >= 0.3 is 5.97 Å². The summed E-state index contributed by atoms with van der Waals surface area (Å²) in [7, 11) is 0. The van der Waals surface area contributed by atoms with E-state index in [-0.39, 0.29) is 18.2 Å². The summed E-state index contributed by atoms with van der Waals surface area (Å²) in [6.45, 7) is 0.401. The summed E-state index contributed by atoms with van der Waals surface area (Å²) >= 11 is 5.55. The molecule has 0 fully saturated rings. The monoisotopic (exact) mass is 325 g/mol. The number of carboxylic acids is 1. The summed E-state index contributed by atoms with van der Waals surface area (Å²) < 4.78 is 10.7. The maximum atomic E-state index is 10.7. The van der Waals surface area contributed by atoms with Crippen LogP contribution in [-0.4, -0.2) is 34.7 Å². The molecule has 7 heteroatoms. The molecule has 0 spiro atoms. The molecule has 22 heavy (non-hydrogen) atoms. The Bertz CT molecular complexity index is 628. The minimum atomic E-state index is -1.12. The Hall–Kier alpha value is -2.18. The van der Waals surface area contributed by atoms with Crippen LogP contribution in [0.5, 0.6) is 5.75 Å². The lowest BCUT2D eigenvalue weighted by Crippen LogP contribution is -2.21. The molecule has 2 aromatic rings. The van der Waals surface area contributed by atoms with E-state index in [1.807, 2.05) is 12.1 Å². The van der Waals surface area contributed by atoms with Crippen molar-refractivity contribution in [3.8, 4) is 5.75 Å². The number of alkyl halides is 1. The van der Waals surface area contributed by atoms with E-state index in [4.69, 9.17) is 25.9 Å². The molecule has 0 aliphatic heterocycles. The standard InChI is InChI=1S/C15H16ClNO5/c16-7-10(18)8-17-12-3-1-2-4-13(12)21-9-11-5-6-14(22-11)15(19)20/h1-6,10,17-18H,7-9H2,(H,19,20). The molecular formula is C15H16ClNO5. The third kappa shape index (κ3) is 4.41. The molecule has 0 aliphatic carbocycles. The quantitative estimate of drug-likeness (QED) is 0.646. The van der Waals surface area contributed by atoms with E-state index in [0.29, 0.717) is 23.7 Å². The zero-order chi connectivity index (χ0) is 15.9. The number of aromatic carboxylic acids is 1. The Morgan fingerprint density at radius 3 is 2.77 bits per heavy atom. The normalized spacial score (nSPS) is 11.9. The Morgan fingerprint density at radius 2 is 2.09 bits per heavy atom. The van der Waals surface area contributed by atoms with Gasteiger partial charge in [0.15, 0.2) is 0 Å². The van der Waals surface area contributed by atoms with Gasteiger partial charge in [0, 0.05) is 6.54 Å². The van der Waals surface area contributed by atoms with Crippen LogP contribution in [0.4, 0.5) is 5.69 Å². The van der Waals surface area contributed by atoms with Crippen molar-refractivity contribution in [1.29, 1.82) is 0 Å². The van der Waals surface area contributed by atoms with Crippen molar-refractivity contribution >= 4 is 23.3 Å². The fourth-order valence-electron chi connectivity index (χ4n) is 1.74. The first-order valence-electron chi connectivity index (χ1n) is 6.62. The minimum Gasteiger partial charge on any atom is -0.483 e. The molecule has 3 N–H and O–H groups in total. The Morgan fingerprint density at radius 1 is 1.32 bits per heavy atom. The fraction of sp³-hybridized carbons (Fsp3) is 0.267. The van der Waals surface area contributed by atoms with E-state index in [2.05, 4.69) is 5.32 Å². The fourth-order valence-corrected chi connectivity index (χ4v) is 1.85. The number of hydrogen-bond acceptors (Lipinski definition) is 5. The topological polar surface area (TPSA) is 91.9 Å². The highest BCUT2D eigenvalue weighted by Crippen LogP contribution is 2.25. The predicted molar refractivity (Wildman–Crippen MR) is 81.7 cm³/mol. The van der Waals surface area contributed by atoms with E-state index >= 15 is 0 Å². The zero-order valence-electron chi connectivity index (χ0n) is 11.7. The number of aliphatic hydroxyl groups is 1. The van der Waals surface area contributed by atoms with Crippen molar-refractivity contribution in [3.05, 3.63) is 47.9 Å². The van der Waals surface area contributed by atoms with Gasteiger partial charge in [0.25, 0.3) is 0 Å². The second-order valence-corrected chi connectivity index (χ2v) is 4.85. The third-order valence-corrected chi connectivity index (χ3v) is 3.19. The molecule has 1 atom stereocenters. The summed E-state index contributed by atoms with van der Waals surface area (Å²) in [6.07, 6.45) is -0.655. The number of halogens is 1. The number of anilines is 1. The summed E-state index contributed by atoms with van der Waals surface area (Å²) in [5.74, 6) is -0.135. The lowest BCUT2D eigenvalue weighted by atomic mass is 10.2. The van der Waals surface area contributed by atoms with Crippen molar-refractivity contribution in [1.82, 2.24) is 0 Å². The van der Waals surface area contributed by atoms with Crippen LogP contribution in [0.1, 0.15) is 16.3 Å². The number of hydrogen-bond donors (Lipinski definition) is 3. The molecule has 0 amide bonds. The molecule has 1 unspecified atom stereocenters. The van der Waals surface area contributed by atoms with Crippen molar-refractivity contribution < 1.29 is 24.2 Å². The van der Waals surface area contributed by atoms with Gasteiger partial charge in [-0.2, -0.15) is 0 Å². The molecule has 0 aliphatic rings.